The summed E-state index contributed by atoms with van der Waals surface area (Å²) in [5.41, 5.74) is 15.6. The molecule has 0 spiro atoms. The van der Waals surface area contributed by atoms with Crippen molar-refractivity contribution in [1.82, 2.24) is 4.57 Å². The summed E-state index contributed by atoms with van der Waals surface area (Å²) in [6.45, 7) is 3.16. The minimum Gasteiger partial charge on any atom is -0.341 e. The Labute approximate surface area is 305 Å². The normalized spacial score (nSPS) is 11.2. The van der Waals surface area contributed by atoms with E-state index in [1.54, 1.807) is 0 Å². The Morgan fingerprint density at radius 3 is 1.48 bits per heavy atom. The van der Waals surface area contributed by atoms with Crippen LogP contribution in [-0.4, -0.2) is 4.57 Å². The Balaban J connectivity index is 1.13. The van der Waals surface area contributed by atoms with E-state index in [2.05, 4.69) is 217 Å². The van der Waals surface area contributed by atoms with Gasteiger partial charge in [0.05, 0.1) is 0 Å². The Hall–Kier alpha value is -6.64. The summed E-state index contributed by atoms with van der Waals surface area (Å²) in [6.07, 6.45) is 0. The molecule has 2 heteroatoms. The molecule has 0 radical (unpaired) electrons. The fraction of sp³-hybridized carbons (Fsp3) is 0.0400. The van der Waals surface area contributed by atoms with Crippen LogP contribution in [0.3, 0.4) is 0 Å². The monoisotopic (exact) mass is 666 g/mol. The van der Waals surface area contributed by atoms with E-state index in [-0.39, 0.29) is 0 Å². The fourth-order valence-electron chi connectivity index (χ4n) is 7.68. The summed E-state index contributed by atoms with van der Waals surface area (Å²) in [4.78, 5) is 2.36. The lowest BCUT2D eigenvalue weighted by molar-refractivity contribution is 0.827. The molecule has 0 saturated heterocycles. The summed E-state index contributed by atoms with van der Waals surface area (Å²) in [5, 5.41) is 2.62. The van der Waals surface area contributed by atoms with E-state index in [0.29, 0.717) is 0 Å². The van der Waals surface area contributed by atoms with Gasteiger partial charge in [-0.3, -0.25) is 0 Å². The van der Waals surface area contributed by atoms with Gasteiger partial charge in [-0.05, 0) is 106 Å². The molecule has 0 bridgehead atoms. The second kappa shape index (κ2) is 13.6. The van der Waals surface area contributed by atoms with Crippen LogP contribution in [0, 0.1) is 0 Å². The van der Waals surface area contributed by atoms with Crippen molar-refractivity contribution in [2.24, 2.45) is 0 Å². The molecule has 52 heavy (non-hydrogen) atoms. The minimum atomic E-state index is 0.931. The Kier molecular flexibility index (Phi) is 8.19. The third-order valence-electron chi connectivity index (χ3n) is 10.2. The molecule has 0 unspecified atom stereocenters. The molecule has 9 aromatic rings. The van der Waals surface area contributed by atoms with Gasteiger partial charge in [-0.1, -0.05) is 146 Å². The summed E-state index contributed by atoms with van der Waals surface area (Å²) in [7, 11) is 0. The van der Waals surface area contributed by atoms with Crippen LogP contribution in [0.1, 0.15) is 6.92 Å². The molecule has 0 fully saturated rings. The van der Waals surface area contributed by atoms with Gasteiger partial charge in [-0.2, -0.15) is 0 Å². The maximum Gasteiger partial charge on any atom is 0.0497 e. The van der Waals surface area contributed by atoms with Crippen LogP contribution >= 0.6 is 0 Å². The molecule has 9 rings (SSSR count). The summed E-state index contributed by atoms with van der Waals surface area (Å²) in [5.74, 6) is 0. The van der Waals surface area contributed by atoms with Crippen molar-refractivity contribution in [3.63, 3.8) is 0 Å². The standard InChI is InChI=1S/C50H38N2/c1-2-51-48-24-10-9-22-47(48)50-46(23-13-25-49(50)51)42-20-11-18-40(34-42)41-19-12-21-45(35-41)52(43-30-26-38(27-31-43)36-14-5-3-6-15-36)44-32-28-39(29-33-44)37-16-7-4-8-17-37/h3-35H,2H2,1H3. The van der Waals surface area contributed by atoms with E-state index in [1.807, 2.05) is 0 Å². The van der Waals surface area contributed by atoms with Gasteiger partial charge in [-0.15, -0.1) is 0 Å². The van der Waals surface area contributed by atoms with Gasteiger partial charge in [-0.25, -0.2) is 0 Å². The van der Waals surface area contributed by atoms with E-state index < -0.39 is 0 Å². The minimum absolute atomic E-state index is 0.931. The molecule has 0 atom stereocenters. The summed E-state index contributed by atoms with van der Waals surface area (Å²) < 4.78 is 2.43. The fourth-order valence-corrected chi connectivity index (χ4v) is 7.68. The highest BCUT2D eigenvalue weighted by Gasteiger charge is 2.17. The van der Waals surface area contributed by atoms with Crippen LogP contribution in [-0.2, 0) is 6.54 Å². The molecule has 2 nitrogen and oxygen atoms in total. The number of hydrogen-bond acceptors (Lipinski definition) is 1. The smallest absolute Gasteiger partial charge is 0.0497 e. The van der Waals surface area contributed by atoms with Crippen molar-refractivity contribution >= 4 is 38.9 Å². The highest BCUT2D eigenvalue weighted by molar-refractivity contribution is 6.15. The first-order valence-corrected chi connectivity index (χ1v) is 18.1. The van der Waals surface area contributed by atoms with Crippen molar-refractivity contribution < 1.29 is 0 Å². The van der Waals surface area contributed by atoms with Gasteiger partial charge >= 0.3 is 0 Å². The van der Waals surface area contributed by atoms with E-state index in [0.717, 1.165) is 23.6 Å². The van der Waals surface area contributed by atoms with Crippen LogP contribution in [0.5, 0.6) is 0 Å². The van der Waals surface area contributed by atoms with Crippen LogP contribution in [0.15, 0.2) is 200 Å². The number of anilines is 3. The zero-order valence-electron chi connectivity index (χ0n) is 29.2. The van der Waals surface area contributed by atoms with Gasteiger partial charge in [0.25, 0.3) is 0 Å². The number of nitrogens with zero attached hydrogens (tertiary/aromatic N) is 2. The van der Waals surface area contributed by atoms with E-state index >= 15 is 0 Å². The second-order valence-corrected chi connectivity index (χ2v) is 13.3. The van der Waals surface area contributed by atoms with Gasteiger partial charge in [0.1, 0.15) is 0 Å². The van der Waals surface area contributed by atoms with E-state index in [4.69, 9.17) is 0 Å². The van der Waals surface area contributed by atoms with Crippen molar-refractivity contribution in [3.8, 4) is 44.5 Å². The quantitative estimate of drug-likeness (QED) is 0.157. The van der Waals surface area contributed by atoms with Gasteiger partial charge in [0.15, 0.2) is 0 Å². The maximum atomic E-state index is 2.43. The van der Waals surface area contributed by atoms with Crippen molar-refractivity contribution in [2.75, 3.05) is 4.90 Å². The van der Waals surface area contributed by atoms with E-state index in [1.165, 1.54) is 66.3 Å². The predicted molar refractivity (Wildman–Crippen MR) is 222 cm³/mol. The molecule has 248 valence electrons. The van der Waals surface area contributed by atoms with E-state index in [9.17, 15) is 0 Å². The predicted octanol–water partition coefficient (Wildman–Crippen LogP) is 14.0. The third kappa shape index (κ3) is 5.75. The molecule has 1 heterocycles. The first-order chi connectivity index (χ1) is 25.7. The van der Waals surface area contributed by atoms with Crippen LogP contribution in [0.25, 0.3) is 66.3 Å². The molecule has 0 aliphatic rings. The number of fused-ring (bicyclic) bond motifs is 3. The molecule has 0 amide bonds. The van der Waals surface area contributed by atoms with Gasteiger partial charge in [0.2, 0.25) is 0 Å². The Morgan fingerprint density at radius 2 is 0.846 bits per heavy atom. The number of rotatable bonds is 8. The SMILES string of the molecule is CCn1c2ccccc2c2c(-c3cccc(-c4cccc(N(c5ccc(-c6ccccc6)cc5)c5ccc(-c6ccccc6)cc5)c4)c3)cccc21. The topological polar surface area (TPSA) is 8.17 Å². The highest BCUT2D eigenvalue weighted by Crippen LogP contribution is 2.40. The molecule has 8 aromatic carbocycles. The number of para-hydroxylation sites is 1. The molecule has 0 N–H and O–H groups in total. The average molecular weight is 667 g/mol. The lowest BCUT2D eigenvalue weighted by Gasteiger charge is -2.26. The second-order valence-electron chi connectivity index (χ2n) is 13.3. The largest absolute Gasteiger partial charge is 0.341 e. The van der Waals surface area contributed by atoms with Crippen molar-refractivity contribution in [1.29, 1.82) is 0 Å². The number of aromatic nitrogens is 1. The molecule has 0 saturated carbocycles. The first kappa shape index (κ1) is 31.3. The van der Waals surface area contributed by atoms with Crippen LogP contribution in [0.2, 0.25) is 0 Å². The number of benzene rings is 8. The van der Waals surface area contributed by atoms with Gasteiger partial charge in [0, 0.05) is 45.4 Å². The third-order valence-corrected chi connectivity index (χ3v) is 10.2. The maximum absolute atomic E-state index is 2.43. The summed E-state index contributed by atoms with van der Waals surface area (Å²) in [6, 6.07) is 72.4. The highest BCUT2D eigenvalue weighted by atomic mass is 15.1. The lowest BCUT2D eigenvalue weighted by atomic mass is 9.95. The summed E-state index contributed by atoms with van der Waals surface area (Å²) >= 11 is 0. The van der Waals surface area contributed by atoms with Crippen LogP contribution < -0.4 is 4.90 Å². The molecule has 0 aliphatic carbocycles. The Bertz CT molecular complexity index is 2550. The number of aryl methyl sites for hydroxylation is 1. The van der Waals surface area contributed by atoms with Crippen molar-refractivity contribution in [2.45, 2.75) is 13.5 Å². The number of hydrogen-bond donors (Lipinski definition) is 0. The first-order valence-electron chi connectivity index (χ1n) is 18.1. The molecular weight excluding hydrogens is 629 g/mol. The lowest BCUT2D eigenvalue weighted by Crippen LogP contribution is -2.10. The van der Waals surface area contributed by atoms with Crippen LogP contribution in [0.4, 0.5) is 17.1 Å². The Morgan fingerprint density at radius 1 is 0.365 bits per heavy atom. The molecular formula is C50H38N2. The average Bonchev–Trinajstić information content (AvgIpc) is 3.56. The molecule has 1 aromatic heterocycles. The zero-order chi connectivity index (χ0) is 34.9. The molecule has 0 aliphatic heterocycles. The van der Waals surface area contributed by atoms with Gasteiger partial charge < -0.3 is 9.47 Å². The van der Waals surface area contributed by atoms with Crippen molar-refractivity contribution in [3.05, 3.63) is 200 Å². The zero-order valence-corrected chi connectivity index (χ0v) is 29.2.